The number of nitrogens with one attached hydrogen (secondary N) is 1. The minimum Gasteiger partial charge on any atom is -0.496 e. The molecule has 1 heterocycles. The first kappa shape index (κ1) is 27.5. The Kier molecular flexibility index (Phi) is 9.73. The zero-order valence-corrected chi connectivity index (χ0v) is 22.2. The number of carbonyl (C=O) groups is 2. The van der Waals surface area contributed by atoms with Crippen LogP contribution in [0.3, 0.4) is 0 Å². The summed E-state index contributed by atoms with van der Waals surface area (Å²) in [4.78, 5) is 29.3. The lowest BCUT2D eigenvalue weighted by Gasteiger charge is -2.36. The second-order valence-electron chi connectivity index (χ2n) is 9.45. The maximum Gasteiger partial charge on any atom is 0.257 e. The van der Waals surface area contributed by atoms with Crippen molar-refractivity contribution >= 4 is 17.5 Å². The van der Waals surface area contributed by atoms with E-state index in [9.17, 15) is 9.59 Å². The SMILES string of the molecule is CCC(=O)Nc1ccc2c(c1)OC[C@@H](C)N(Cc1ccccc1OC)C[C@@H](C)[C@@H](OC)CN(C)C2=O. The first-order chi connectivity index (χ1) is 17.3. The van der Waals surface area contributed by atoms with Gasteiger partial charge >= 0.3 is 0 Å². The van der Waals surface area contributed by atoms with Gasteiger partial charge in [-0.05, 0) is 31.0 Å². The predicted molar refractivity (Wildman–Crippen MR) is 141 cm³/mol. The van der Waals surface area contributed by atoms with Gasteiger partial charge in [-0.3, -0.25) is 14.5 Å². The van der Waals surface area contributed by atoms with Gasteiger partial charge in [0.2, 0.25) is 5.91 Å². The third kappa shape index (κ3) is 6.77. The largest absolute Gasteiger partial charge is 0.496 e. The van der Waals surface area contributed by atoms with Gasteiger partial charge < -0.3 is 24.4 Å². The standard InChI is InChI=1S/C28H39N3O5/c1-7-27(32)29-22-12-13-23-25(14-22)36-18-20(3)31(16-21-10-8-9-11-24(21)34-5)15-19(2)26(35-6)17-30(4)28(23)33/h8-14,19-20,26H,7,15-18H2,1-6H3,(H,29,32)/t19-,20-,26+/m1/s1. The van der Waals surface area contributed by atoms with Crippen LogP contribution in [0, 0.1) is 5.92 Å². The van der Waals surface area contributed by atoms with Gasteiger partial charge in [0.25, 0.3) is 5.91 Å². The third-order valence-corrected chi connectivity index (χ3v) is 6.75. The van der Waals surface area contributed by atoms with Gasteiger partial charge in [-0.15, -0.1) is 0 Å². The Balaban J connectivity index is 1.96. The van der Waals surface area contributed by atoms with E-state index in [0.717, 1.165) is 17.9 Å². The Morgan fingerprint density at radius 1 is 1.14 bits per heavy atom. The molecule has 196 valence electrons. The van der Waals surface area contributed by atoms with Crippen molar-refractivity contribution in [2.24, 2.45) is 5.92 Å². The van der Waals surface area contributed by atoms with Gasteiger partial charge in [-0.1, -0.05) is 32.0 Å². The Morgan fingerprint density at radius 2 is 1.89 bits per heavy atom. The summed E-state index contributed by atoms with van der Waals surface area (Å²) in [5.41, 5.74) is 2.15. The number of ether oxygens (including phenoxy) is 3. The van der Waals surface area contributed by atoms with Crippen LogP contribution in [0.1, 0.15) is 43.1 Å². The van der Waals surface area contributed by atoms with Crippen molar-refractivity contribution in [3.8, 4) is 11.5 Å². The number of rotatable bonds is 6. The van der Waals surface area contributed by atoms with E-state index in [-0.39, 0.29) is 29.9 Å². The second kappa shape index (κ2) is 12.7. The molecule has 2 aromatic carbocycles. The number of amides is 2. The molecule has 8 heteroatoms. The van der Waals surface area contributed by atoms with E-state index < -0.39 is 0 Å². The van der Waals surface area contributed by atoms with Gasteiger partial charge in [0.1, 0.15) is 18.1 Å². The van der Waals surface area contributed by atoms with E-state index in [1.165, 1.54) is 0 Å². The minimum atomic E-state index is -0.147. The number of hydrogen-bond donors (Lipinski definition) is 1. The second-order valence-corrected chi connectivity index (χ2v) is 9.45. The van der Waals surface area contributed by atoms with Crippen LogP contribution in [0.15, 0.2) is 42.5 Å². The molecule has 0 saturated heterocycles. The van der Waals surface area contributed by atoms with Crippen molar-refractivity contribution in [3.63, 3.8) is 0 Å². The molecule has 0 fully saturated rings. The smallest absolute Gasteiger partial charge is 0.257 e. The van der Waals surface area contributed by atoms with Crippen LogP contribution in [0.5, 0.6) is 11.5 Å². The first-order valence-corrected chi connectivity index (χ1v) is 12.5. The van der Waals surface area contributed by atoms with Crippen LogP contribution in [0.2, 0.25) is 0 Å². The molecular weight excluding hydrogens is 458 g/mol. The molecule has 0 unspecified atom stereocenters. The van der Waals surface area contributed by atoms with Crippen molar-refractivity contribution in [2.45, 2.75) is 45.9 Å². The third-order valence-electron chi connectivity index (χ3n) is 6.75. The summed E-state index contributed by atoms with van der Waals surface area (Å²) in [7, 11) is 5.15. The molecule has 1 N–H and O–H groups in total. The molecule has 2 amide bonds. The summed E-state index contributed by atoms with van der Waals surface area (Å²) in [6.45, 7) is 8.31. The van der Waals surface area contributed by atoms with E-state index in [4.69, 9.17) is 14.2 Å². The maximum absolute atomic E-state index is 13.3. The van der Waals surface area contributed by atoms with Gasteiger partial charge in [0.15, 0.2) is 0 Å². The highest BCUT2D eigenvalue weighted by Crippen LogP contribution is 2.28. The average molecular weight is 498 g/mol. The number of likely N-dealkylation sites (N-methyl/N-ethyl adjacent to an activating group) is 1. The summed E-state index contributed by atoms with van der Waals surface area (Å²) < 4.78 is 17.7. The molecule has 2 aromatic rings. The highest BCUT2D eigenvalue weighted by molar-refractivity contribution is 5.98. The highest BCUT2D eigenvalue weighted by atomic mass is 16.5. The van der Waals surface area contributed by atoms with Crippen molar-refractivity contribution < 1.29 is 23.8 Å². The van der Waals surface area contributed by atoms with E-state index in [2.05, 4.69) is 30.1 Å². The number of hydrogen-bond acceptors (Lipinski definition) is 6. The number of anilines is 1. The first-order valence-electron chi connectivity index (χ1n) is 12.5. The number of methoxy groups -OCH3 is 2. The minimum absolute atomic E-state index is 0.0314. The Labute approximate surface area is 214 Å². The van der Waals surface area contributed by atoms with Gasteiger partial charge in [-0.25, -0.2) is 0 Å². The molecule has 36 heavy (non-hydrogen) atoms. The molecule has 0 bridgehead atoms. The predicted octanol–water partition coefficient (Wildman–Crippen LogP) is 4.05. The average Bonchev–Trinajstić information content (AvgIpc) is 2.89. The number of carbonyl (C=O) groups excluding carboxylic acids is 2. The molecule has 3 rings (SSSR count). The number of para-hydroxylation sites is 1. The van der Waals surface area contributed by atoms with Crippen LogP contribution in [-0.4, -0.2) is 74.7 Å². The summed E-state index contributed by atoms with van der Waals surface area (Å²) in [5.74, 6) is 1.21. The maximum atomic E-state index is 13.3. The fraction of sp³-hybridized carbons (Fsp3) is 0.500. The van der Waals surface area contributed by atoms with Crippen LogP contribution in [-0.2, 0) is 16.1 Å². The molecule has 0 spiro atoms. The summed E-state index contributed by atoms with van der Waals surface area (Å²) in [6, 6.07) is 13.2. The Morgan fingerprint density at radius 3 is 2.58 bits per heavy atom. The molecule has 1 aliphatic rings. The topological polar surface area (TPSA) is 80.3 Å². The molecule has 0 aromatic heterocycles. The van der Waals surface area contributed by atoms with Crippen LogP contribution in [0.4, 0.5) is 5.69 Å². The molecule has 0 radical (unpaired) electrons. The van der Waals surface area contributed by atoms with E-state index in [1.807, 2.05) is 18.2 Å². The zero-order valence-electron chi connectivity index (χ0n) is 22.2. The Hall–Kier alpha value is -3.10. The molecule has 1 aliphatic heterocycles. The van der Waals surface area contributed by atoms with Crippen molar-refractivity contribution in [1.29, 1.82) is 0 Å². The zero-order chi connectivity index (χ0) is 26.2. The molecule has 8 nitrogen and oxygen atoms in total. The molecule has 0 aliphatic carbocycles. The van der Waals surface area contributed by atoms with Gasteiger partial charge in [0.05, 0.1) is 18.8 Å². The Bertz CT molecular complexity index is 1040. The quantitative estimate of drug-likeness (QED) is 0.649. The van der Waals surface area contributed by atoms with Crippen LogP contribution >= 0.6 is 0 Å². The number of benzene rings is 2. The number of nitrogens with zero attached hydrogens (tertiary/aromatic N) is 2. The molecule has 0 saturated carbocycles. The van der Waals surface area contributed by atoms with Crippen molar-refractivity contribution in [2.75, 3.05) is 46.3 Å². The monoisotopic (exact) mass is 497 g/mol. The van der Waals surface area contributed by atoms with Crippen LogP contribution < -0.4 is 14.8 Å². The number of fused-ring (bicyclic) bond motifs is 1. The summed E-state index contributed by atoms with van der Waals surface area (Å²) in [5, 5.41) is 2.85. The lowest BCUT2D eigenvalue weighted by Crippen LogP contribution is -2.46. The van der Waals surface area contributed by atoms with Crippen molar-refractivity contribution in [3.05, 3.63) is 53.6 Å². The molecule has 3 atom stereocenters. The highest BCUT2D eigenvalue weighted by Gasteiger charge is 2.29. The van der Waals surface area contributed by atoms with E-state index in [0.29, 0.717) is 43.1 Å². The van der Waals surface area contributed by atoms with E-state index >= 15 is 0 Å². The fourth-order valence-corrected chi connectivity index (χ4v) is 4.45. The van der Waals surface area contributed by atoms with Crippen LogP contribution in [0.25, 0.3) is 0 Å². The summed E-state index contributed by atoms with van der Waals surface area (Å²) >= 11 is 0. The van der Waals surface area contributed by atoms with Crippen molar-refractivity contribution in [1.82, 2.24) is 9.80 Å². The summed E-state index contributed by atoms with van der Waals surface area (Å²) in [6.07, 6.45) is 0.226. The van der Waals surface area contributed by atoms with E-state index in [1.54, 1.807) is 51.3 Å². The lowest BCUT2D eigenvalue weighted by molar-refractivity contribution is -0.115. The fourth-order valence-electron chi connectivity index (χ4n) is 4.45. The lowest BCUT2D eigenvalue weighted by atomic mass is 10.0. The van der Waals surface area contributed by atoms with Gasteiger partial charge in [-0.2, -0.15) is 0 Å². The molecular formula is C28H39N3O5. The van der Waals surface area contributed by atoms with Gasteiger partial charge in [0, 0.05) is 63.6 Å². The normalized spacial score (nSPS) is 21.6.